The maximum atomic E-state index is 12.6. The molecule has 120 valence electrons. The molecular weight excluding hydrogens is 278 g/mol. The van der Waals surface area contributed by atoms with Gasteiger partial charge in [-0.3, -0.25) is 0 Å². The number of nitrogens with zero attached hydrogens (tertiary/aromatic N) is 1. The molecule has 0 spiro atoms. The highest BCUT2D eigenvalue weighted by molar-refractivity contribution is 5.69. The Labute approximate surface area is 132 Å². The molecule has 4 heteroatoms. The fourth-order valence-corrected chi connectivity index (χ4v) is 3.30. The van der Waals surface area contributed by atoms with Gasteiger partial charge in [-0.05, 0) is 45.6 Å². The average Bonchev–Trinajstić information content (AvgIpc) is 3.28. The standard InChI is InChI=1S/C18H25NO3/c1-17(2,3)22-16(20)19-12-8-7-11-15(19)18(13-21-18)14-9-5-4-6-10-14/h4-6,9-10,15H,7-8,11-13H2,1-3H3/t15-,18-/m1/s1. The summed E-state index contributed by atoms with van der Waals surface area (Å²) in [4.78, 5) is 14.5. The van der Waals surface area contributed by atoms with E-state index in [-0.39, 0.29) is 17.7 Å². The minimum absolute atomic E-state index is 0.0681. The van der Waals surface area contributed by atoms with Crippen LogP contribution in [0.2, 0.25) is 0 Å². The number of rotatable bonds is 2. The van der Waals surface area contributed by atoms with Gasteiger partial charge in [0.15, 0.2) is 0 Å². The first-order valence-electron chi connectivity index (χ1n) is 8.11. The molecule has 3 rings (SSSR count). The van der Waals surface area contributed by atoms with Crippen molar-refractivity contribution in [2.45, 2.75) is 57.3 Å². The summed E-state index contributed by atoms with van der Waals surface area (Å²) in [7, 11) is 0. The molecule has 2 heterocycles. The Hall–Kier alpha value is -1.55. The molecule has 22 heavy (non-hydrogen) atoms. The minimum Gasteiger partial charge on any atom is -0.444 e. The Bertz CT molecular complexity index is 531. The van der Waals surface area contributed by atoms with E-state index >= 15 is 0 Å². The highest BCUT2D eigenvalue weighted by atomic mass is 16.6. The summed E-state index contributed by atoms with van der Waals surface area (Å²) in [6.45, 7) is 7.15. The molecule has 0 aliphatic carbocycles. The zero-order valence-corrected chi connectivity index (χ0v) is 13.7. The van der Waals surface area contributed by atoms with Crippen LogP contribution in [0.1, 0.15) is 45.6 Å². The van der Waals surface area contributed by atoms with E-state index in [1.807, 2.05) is 43.9 Å². The minimum atomic E-state index is -0.469. The maximum Gasteiger partial charge on any atom is 0.410 e. The van der Waals surface area contributed by atoms with Crippen molar-refractivity contribution in [1.29, 1.82) is 0 Å². The van der Waals surface area contributed by atoms with E-state index in [1.54, 1.807) is 0 Å². The van der Waals surface area contributed by atoms with Crippen molar-refractivity contribution in [3.63, 3.8) is 0 Å². The zero-order chi connectivity index (χ0) is 15.8. The summed E-state index contributed by atoms with van der Waals surface area (Å²) < 4.78 is 11.5. The second kappa shape index (κ2) is 5.58. The van der Waals surface area contributed by atoms with Crippen LogP contribution < -0.4 is 0 Å². The Morgan fingerprint density at radius 1 is 1.27 bits per heavy atom. The molecule has 2 fully saturated rings. The molecule has 2 atom stereocenters. The molecule has 2 aliphatic rings. The molecule has 0 aromatic heterocycles. The fraction of sp³-hybridized carbons (Fsp3) is 0.611. The SMILES string of the molecule is CC(C)(C)OC(=O)N1CCCC[C@@H]1[C@]1(c2ccccc2)CO1. The van der Waals surface area contributed by atoms with Crippen LogP contribution in [0.15, 0.2) is 30.3 Å². The lowest BCUT2D eigenvalue weighted by Crippen LogP contribution is -2.51. The van der Waals surface area contributed by atoms with Crippen molar-refractivity contribution in [1.82, 2.24) is 4.90 Å². The number of amides is 1. The van der Waals surface area contributed by atoms with Gasteiger partial charge in [0.25, 0.3) is 0 Å². The summed E-state index contributed by atoms with van der Waals surface area (Å²) in [6.07, 6.45) is 2.90. The van der Waals surface area contributed by atoms with E-state index in [4.69, 9.17) is 9.47 Å². The van der Waals surface area contributed by atoms with Crippen LogP contribution >= 0.6 is 0 Å². The molecule has 1 aromatic carbocycles. The normalized spacial score (nSPS) is 28.3. The topological polar surface area (TPSA) is 42.1 Å². The summed E-state index contributed by atoms with van der Waals surface area (Å²) in [5, 5.41) is 0. The monoisotopic (exact) mass is 303 g/mol. The number of carbonyl (C=O) groups excluding carboxylic acids is 1. The molecule has 2 aliphatic heterocycles. The maximum absolute atomic E-state index is 12.6. The number of hydrogen-bond acceptors (Lipinski definition) is 3. The number of likely N-dealkylation sites (tertiary alicyclic amines) is 1. The zero-order valence-electron chi connectivity index (χ0n) is 13.7. The van der Waals surface area contributed by atoms with Gasteiger partial charge in [-0.25, -0.2) is 4.79 Å². The number of carbonyl (C=O) groups is 1. The largest absolute Gasteiger partial charge is 0.444 e. The van der Waals surface area contributed by atoms with E-state index in [0.717, 1.165) is 31.4 Å². The van der Waals surface area contributed by atoms with Crippen LogP contribution in [0, 0.1) is 0 Å². The lowest BCUT2D eigenvalue weighted by atomic mass is 9.85. The molecule has 1 amide bonds. The van der Waals surface area contributed by atoms with E-state index in [0.29, 0.717) is 6.61 Å². The van der Waals surface area contributed by atoms with Gasteiger partial charge in [0.2, 0.25) is 0 Å². The Balaban J connectivity index is 1.83. The molecule has 2 saturated heterocycles. The first-order valence-corrected chi connectivity index (χ1v) is 8.11. The third-order valence-electron chi connectivity index (χ3n) is 4.39. The summed E-state index contributed by atoms with van der Waals surface area (Å²) in [5.41, 5.74) is 0.359. The van der Waals surface area contributed by atoms with Gasteiger partial charge in [0.05, 0.1) is 12.6 Å². The van der Waals surface area contributed by atoms with Crippen molar-refractivity contribution < 1.29 is 14.3 Å². The van der Waals surface area contributed by atoms with Crippen LogP contribution in [-0.4, -0.2) is 35.8 Å². The quantitative estimate of drug-likeness (QED) is 0.782. The summed E-state index contributed by atoms with van der Waals surface area (Å²) in [6, 6.07) is 10.3. The number of hydrogen-bond donors (Lipinski definition) is 0. The van der Waals surface area contributed by atoms with Gasteiger partial charge in [0, 0.05) is 6.54 Å². The first-order chi connectivity index (χ1) is 10.4. The third-order valence-corrected chi connectivity index (χ3v) is 4.39. The van der Waals surface area contributed by atoms with Gasteiger partial charge < -0.3 is 14.4 Å². The predicted molar refractivity (Wildman–Crippen MR) is 84.7 cm³/mol. The predicted octanol–water partition coefficient (Wildman–Crippen LogP) is 3.70. The second-order valence-electron chi connectivity index (χ2n) is 7.23. The van der Waals surface area contributed by atoms with E-state index in [2.05, 4.69) is 12.1 Å². The Morgan fingerprint density at radius 3 is 2.55 bits per heavy atom. The van der Waals surface area contributed by atoms with Crippen LogP contribution in [0.4, 0.5) is 4.79 Å². The average molecular weight is 303 g/mol. The summed E-state index contributed by atoms with van der Waals surface area (Å²) in [5.74, 6) is 0. The van der Waals surface area contributed by atoms with Gasteiger partial charge >= 0.3 is 6.09 Å². The van der Waals surface area contributed by atoms with Crippen LogP contribution in [0.5, 0.6) is 0 Å². The van der Waals surface area contributed by atoms with Crippen molar-refractivity contribution in [3.8, 4) is 0 Å². The van der Waals surface area contributed by atoms with Gasteiger partial charge in [-0.1, -0.05) is 30.3 Å². The number of ether oxygens (including phenoxy) is 2. The lowest BCUT2D eigenvalue weighted by molar-refractivity contribution is -0.00370. The molecule has 0 bridgehead atoms. The third kappa shape index (κ3) is 2.98. The van der Waals surface area contributed by atoms with Crippen molar-refractivity contribution in [3.05, 3.63) is 35.9 Å². The second-order valence-corrected chi connectivity index (χ2v) is 7.23. The van der Waals surface area contributed by atoms with E-state index in [9.17, 15) is 4.79 Å². The molecule has 0 N–H and O–H groups in total. The number of epoxide rings is 1. The fourth-order valence-electron chi connectivity index (χ4n) is 3.30. The molecule has 1 aromatic rings. The lowest BCUT2D eigenvalue weighted by Gasteiger charge is -2.39. The molecule has 0 saturated carbocycles. The Kier molecular flexibility index (Phi) is 3.89. The van der Waals surface area contributed by atoms with Crippen molar-refractivity contribution in [2.24, 2.45) is 0 Å². The van der Waals surface area contributed by atoms with Crippen molar-refractivity contribution >= 4 is 6.09 Å². The summed E-state index contributed by atoms with van der Waals surface area (Å²) >= 11 is 0. The molecular formula is C18H25NO3. The molecule has 4 nitrogen and oxygen atoms in total. The van der Waals surface area contributed by atoms with E-state index in [1.165, 1.54) is 0 Å². The Morgan fingerprint density at radius 2 is 1.95 bits per heavy atom. The van der Waals surface area contributed by atoms with Gasteiger partial charge in [-0.15, -0.1) is 0 Å². The van der Waals surface area contributed by atoms with Crippen LogP contribution in [0.25, 0.3) is 0 Å². The number of benzene rings is 1. The number of piperidine rings is 1. The smallest absolute Gasteiger partial charge is 0.410 e. The van der Waals surface area contributed by atoms with Crippen LogP contribution in [0.3, 0.4) is 0 Å². The molecule has 0 unspecified atom stereocenters. The van der Waals surface area contributed by atoms with Crippen LogP contribution in [-0.2, 0) is 15.1 Å². The highest BCUT2D eigenvalue weighted by Crippen LogP contribution is 2.47. The van der Waals surface area contributed by atoms with Gasteiger partial charge in [0.1, 0.15) is 11.2 Å². The van der Waals surface area contributed by atoms with Crippen molar-refractivity contribution in [2.75, 3.05) is 13.2 Å². The van der Waals surface area contributed by atoms with E-state index < -0.39 is 5.60 Å². The molecule has 0 radical (unpaired) electrons. The highest BCUT2D eigenvalue weighted by Gasteiger charge is 2.56. The first kappa shape index (κ1) is 15.3. The van der Waals surface area contributed by atoms with Gasteiger partial charge in [-0.2, -0.15) is 0 Å².